The highest BCUT2D eigenvalue weighted by Crippen LogP contribution is 2.38. The van der Waals surface area contributed by atoms with E-state index < -0.39 is 0 Å². The molecule has 0 aromatic carbocycles. The third kappa shape index (κ3) is 2.08. The molecule has 0 bridgehead atoms. The largest absolute Gasteiger partial charge is 0.394 e. The number of nitrogens with one attached hydrogen (secondary N) is 1. The predicted octanol–water partition coefficient (Wildman–Crippen LogP) is 2.64. The van der Waals surface area contributed by atoms with Crippen LogP contribution in [0.25, 0.3) is 4.85 Å². The molecule has 3 N–H and O–H groups in total. The summed E-state index contributed by atoms with van der Waals surface area (Å²) in [7, 11) is 0. The van der Waals surface area contributed by atoms with Crippen molar-refractivity contribution in [3.05, 3.63) is 27.2 Å². The summed E-state index contributed by atoms with van der Waals surface area (Å²) in [5.74, 6) is 0.255. The topological polar surface area (TPSA) is 79.2 Å². The van der Waals surface area contributed by atoms with Crippen molar-refractivity contribution < 1.29 is 4.74 Å². The SMILES string of the molecule is [C-]#[N+]c1c(N)[nH]c(=S)c(C#N)c1C1CCCOC1. The van der Waals surface area contributed by atoms with Crippen LogP contribution < -0.4 is 5.73 Å². The van der Waals surface area contributed by atoms with E-state index >= 15 is 0 Å². The van der Waals surface area contributed by atoms with Gasteiger partial charge in [0.2, 0.25) is 5.69 Å². The van der Waals surface area contributed by atoms with Gasteiger partial charge in [-0.3, -0.25) is 0 Å². The second-order valence-electron chi connectivity index (χ2n) is 4.14. The molecule has 18 heavy (non-hydrogen) atoms. The van der Waals surface area contributed by atoms with Crippen LogP contribution in [0.5, 0.6) is 0 Å². The molecule has 1 saturated heterocycles. The van der Waals surface area contributed by atoms with Crippen LogP contribution in [0.1, 0.15) is 29.9 Å². The van der Waals surface area contributed by atoms with Crippen LogP contribution in [-0.2, 0) is 4.74 Å². The lowest BCUT2D eigenvalue weighted by Crippen LogP contribution is -2.17. The number of hydrogen-bond donors (Lipinski definition) is 2. The van der Waals surface area contributed by atoms with Gasteiger partial charge >= 0.3 is 0 Å². The number of nitriles is 1. The number of ether oxygens (including phenoxy) is 1. The average Bonchev–Trinajstić information content (AvgIpc) is 2.39. The molecule has 92 valence electrons. The zero-order valence-corrected chi connectivity index (χ0v) is 10.5. The van der Waals surface area contributed by atoms with E-state index in [1.54, 1.807) is 0 Å². The Balaban J connectivity index is 2.66. The van der Waals surface area contributed by atoms with Gasteiger partial charge in [-0.15, -0.1) is 0 Å². The number of hydrogen-bond acceptors (Lipinski definition) is 4. The highest BCUT2D eigenvalue weighted by atomic mass is 32.1. The van der Waals surface area contributed by atoms with E-state index in [-0.39, 0.29) is 11.7 Å². The first kappa shape index (κ1) is 12.6. The Morgan fingerprint density at radius 1 is 1.61 bits per heavy atom. The number of H-pyrrole nitrogens is 1. The van der Waals surface area contributed by atoms with Crippen molar-refractivity contribution in [1.82, 2.24) is 4.98 Å². The van der Waals surface area contributed by atoms with E-state index in [2.05, 4.69) is 15.9 Å². The first-order valence-corrected chi connectivity index (χ1v) is 6.00. The first-order chi connectivity index (χ1) is 8.69. The van der Waals surface area contributed by atoms with Crippen molar-refractivity contribution in [3.63, 3.8) is 0 Å². The maximum Gasteiger partial charge on any atom is 0.230 e. The fourth-order valence-corrected chi connectivity index (χ4v) is 2.49. The molecule has 1 fully saturated rings. The third-order valence-electron chi connectivity index (χ3n) is 3.05. The molecule has 6 heteroatoms. The van der Waals surface area contributed by atoms with Gasteiger partial charge in [-0.2, -0.15) is 5.26 Å². The van der Waals surface area contributed by atoms with Gasteiger partial charge < -0.3 is 15.5 Å². The fourth-order valence-electron chi connectivity index (χ4n) is 2.23. The van der Waals surface area contributed by atoms with Crippen molar-refractivity contribution in [2.45, 2.75) is 18.8 Å². The van der Waals surface area contributed by atoms with Crippen LogP contribution in [0.4, 0.5) is 11.5 Å². The number of nitrogen functional groups attached to an aromatic ring is 1. The summed E-state index contributed by atoms with van der Waals surface area (Å²) < 4.78 is 5.71. The standard InChI is InChI=1S/C12H12N4OS/c1-15-10-9(7-3-2-4-17-6-7)8(5-13)12(18)16-11(10)14/h7H,2-4,6H2,(H3,14,16,18). The number of nitrogens with zero attached hydrogens (tertiary/aromatic N) is 2. The Kier molecular flexibility index (Phi) is 3.61. The molecule has 2 heterocycles. The van der Waals surface area contributed by atoms with Crippen molar-refractivity contribution in [1.29, 1.82) is 5.26 Å². The molecular formula is C12H12N4OS. The molecule has 0 saturated carbocycles. The van der Waals surface area contributed by atoms with Gasteiger partial charge in [0.15, 0.2) is 0 Å². The van der Waals surface area contributed by atoms with E-state index in [0.717, 1.165) is 19.4 Å². The van der Waals surface area contributed by atoms with Crippen molar-refractivity contribution in [2.75, 3.05) is 18.9 Å². The van der Waals surface area contributed by atoms with Crippen LogP contribution >= 0.6 is 12.2 Å². The van der Waals surface area contributed by atoms with Gasteiger partial charge in [-0.05, 0) is 24.3 Å². The van der Waals surface area contributed by atoms with E-state index in [0.29, 0.717) is 28.1 Å². The van der Waals surface area contributed by atoms with E-state index in [9.17, 15) is 5.26 Å². The number of rotatable bonds is 1. The van der Waals surface area contributed by atoms with Crippen LogP contribution in [0.15, 0.2) is 0 Å². The third-order valence-corrected chi connectivity index (χ3v) is 3.35. The number of pyridine rings is 1. The summed E-state index contributed by atoms with van der Waals surface area (Å²) in [5.41, 5.74) is 7.07. The molecule has 1 aromatic rings. The first-order valence-electron chi connectivity index (χ1n) is 5.60. The highest BCUT2D eigenvalue weighted by Gasteiger charge is 2.25. The lowest BCUT2D eigenvalue weighted by molar-refractivity contribution is 0.0805. The van der Waals surface area contributed by atoms with Crippen LogP contribution in [0, 0.1) is 22.5 Å². The fraction of sp³-hybridized carbons (Fsp3) is 0.417. The highest BCUT2D eigenvalue weighted by molar-refractivity contribution is 7.71. The normalized spacial score (nSPS) is 18.9. The van der Waals surface area contributed by atoms with Gasteiger partial charge in [0, 0.05) is 6.61 Å². The van der Waals surface area contributed by atoms with Gasteiger partial charge in [-0.1, -0.05) is 12.2 Å². The van der Waals surface area contributed by atoms with E-state index in [4.69, 9.17) is 29.3 Å². The molecule has 1 unspecified atom stereocenters. The van der Waals surface area contributed by atoms with Crippen molar-refractivity contribution >= 4 is 23.7 Å². The number of aromatic nitrogens is 1. The van der Waals surface area contributed by atoms with Crippen LogP contribution in [0.3, 0.4) is 0 Å². The zero-order chi connectivity index (χ0) is 13.1. The Morgan fingerprint density at radius 3 is 2.94 bits per heavy atom. The summed E-state index contributed by atoms with van der Waals surface area (Å²) in [6.07, 6.45) is 1.80. The lowest BCUT2D eigenvalue weighted by Gasteiger charge is -2.24. The maximum absolute atomic E-state index is 9.22. The Morgan fingerprint density at radius 2 is 2.39 bits per heavy atom. The Labute approximate surface area is 110 Å². The number of anilines is 1. The molecule has 0 aliphatic carbocycles. The second-order valence-corrected chi connectivity index (χ2v) is 4.55. The van der Waals surface area contributed by atoms with Gasteiger partial charge in [0.1, 0.15) is 16.5 Å². The minimum absolute atomic E-state index is 0.0242. The molecule has 0 radical (unpaired) electrons. The molecule has 0 amide bonds. The smallest absolute Gasteiger partial charge is 0.230 e. The molecule has 2 rings (SSSR count). The Hall–Kier alpha value is -1.89. The van der Waals surface area contributed by atoms with Crippen LogP contribution in [-0.4, -0.2) is 18.2 Å². The average molecular weight is 260 g/mol. The van der Waals surface area contributed by atoms with Gasteiger partial charge in [-0.25, -0.2) is 4.85 Å². The minimum Gasteiger partial charge on any atom is -0.394 e. The summed E-state index contributed by atoms with van der Waals surface area (Å²) in [5, 5.41) is 9.22. The quantitative estimate of drug-likeness (QED) is 0.601. The maximum atomic E-state index is 9.22. The summed E-state index contributed by atoms with van der Waals surface area (Å²) in [6, 6.07) is 2.07. The van der Waals surface area contributed by atoms with Crippen molar-refractivity contribution in [2.24, 2.45) is 0 Å². The lowest BCUT2D eigenvalue weighted by atomic mass is 9.90. The van der Waals surface area contributed by atoms with E-state index in [1.165, 1.54) is 0 Å². The van der Waals surface area contributed by atoms with Crippen LogP contribution in [0.2, 0.25) is 0 Å². The molecule has 1 aliphatic rings. The number of nitrogens with two attached hydrogens (primary N) is 1. The molecule has 5 nitrogen and oxygen atoms in total. The van der Waals surface area contributed by atoms with E-state index in [1.807, 2.05) is 0 Å². The van der Waals surface area contributed by atoms with Gasteiger partial charge in [0.25, 0.3) is 0 Å². The number of aromatic amines is 1. The van der Waals surface area contributed by atoms with Crippen molar-refractivity contribution in [3.8, 4) is 6.07 Å². The van der Waals surface area contributed by atoms with Gasteiger partial charge in [0.05, 0.1) is 18.7 Å². The second kappa shape index (κ2) is 5.18. The monoisotopic (exact) mass is 260 g/mol. The summed E-state index contributed by atoms with van der Waals surface area (Å²) in [6.45, 7) is 8.46. The minimum atomic E-state index is 0.0242. The molecule has 0 spiro atoms. The molecule has 1 atom stereocenters. The Bertz CT molecular complexity index is 602. The summed E-state index contributed by atoms with van der Waals surface area (Å²) >= 11 is 5.10. The summed E-state index contributed by atoms with van der Waals surface area (Å²) in [4.78, 5) is 6.14. The molecule has 1 aliphatic heterocycles. The zero-order valence-electron chi connectivity index (χ0n) is 9.69. The predicted molar refractivity (Wildman–Crippen MR) is 69.8 cm³/mol. The molecular weight excluding hydrogens is 248 g/mol. The molecule has 1 aromatic heterocycles.